The van der Waals surface area contributed by atoms with E-state index in [1.54, 1.807) is 31.8 Å². The first-order chi connectivity index (χ1) is 21.3. The monoisotopic (exact) mass is 625 g/mol. The molecule has 0 unspecified atom stereocenters. The van der Waals surface area contributed by atoms with Crippen molar-refractivity contribution in [3.63, 3.8) is 0 Å². The van der Waals surface area contributed by atoms with Crippen LogP contribution in [-0.4, -0.2) is 30.4 Å². The van der Waals surface area contributed by atoms with Gasteiger partial charge in [0.1, 0.15) is 18.2 Å². The van der Waals surface area contributed by atoms with Crippen LogP contribution in [0.25, 0.3) is 22.0 Å². The number of pyridine rings is 2. The summed E-state index contributed by atoms with van der Waals surface area (Å²) in [6.07, 6.45) is 6.02. The van der Waals surface area contributed by atoms with Gasteiger partial charge in [-0.1, -0.05) is 58.0 Å². The number of carbonyl (C=O) groups is 1. The minimum Gasteiger partial charge on any atom is -0.487 e. The third-order valence-electron chi connectivity index (χ3n) is 7.70. The van der Waals surface area contributed by atoms with Crippen molar-refractivity contribution < 1.29 is 19.0 Å². The Labute approximate surface area is 268 Å². The van der Waals surface area contributed by atoms with Crippen LogP contribution in [0.15, 0.2) is 84.1 Å². The van der Waals surface area contributed by atoms with Gasteiger partial charge in [0.25, 0.3) is 0 Å². The Hall–Kier alpha value is -4.17. The number of nitrogens with zero attached hydrogens (tertiary/aromatic N) is 3. The van der Waals surface area contributed by atoms with Crippen LogP contribution in [0.2, 0.25) is 0 Å². The van der Waals surface area contributed by atoms with Gasteiger partial charge in [-0.25, -0.2) is 4.39 Å². The molecular weight excluding hydrogens is 585 g/mol. The lowest BCUT2D eigenvalue weighted by atomic mass is 9.88. The van der Waals surface area contributed by atoms with Crippen molar-refractivity contribution in [2.75, 3.05) is 0 Å². The summed E-state index contributed by atoms with van der Waals surface area (Å²) in [5.41, 5.74) is 5.67. The van der Waals surface area contributed by atoms with Gasteiger partial charge in [-0.3, -0.25) is 14.8 Å². The van der Waals surface area contributed by atoms with Gasteiger partial charge in [0.2, 0.25) is 0 Å². The smallest absolute Gasteiger partial charge is 0.309 e. The lowest BCUT2D eigenvalue weighted by molar-refractivity contribution is -0.146. The number of carboxylic acids is 1. The van der Waals surface area contributed by atoms with E-state index in [2.05, 4.69) is 60.4 Å². The number of aryl methyl sites for hydroxylation is 1. The normalized spacial score (nSPS) is 12.1. The van der Waals surface area contributed by atoms with Crippen LogP contribution in [0.5, 0.6) is 5.75 Å². The average molecular weight is 626 g/mol. The number of thioether (sulfide) groups is 1. The van der Waals surface area contributed by atoms with Crippen LogP contribution in [0, 0.1) is 11.2 Å². The summed E-state index contributed by atoms with van der Waals surface area (Å²) in [4.78, 5) is 21.9. The Balaban J connectivity index is 1.57. The summed E-state index contributed by atoms with van der Waals surface area (Å²) in [7, 11) is 0. The number of halogens is 1. The zero-order valence-electron chi connectivity index (χ0n) is 26.7. The summed E-state index contributed by atoms with van der Waals surface area (Å²) >= 11 is 1.74. The number of aliphatic carboxylic acids is 1. The highest BCUT2D eigenvalue weighted by Crippen LogP contribution is 2.44. The molecule has 45 heavy (non-hydrogen) atoms. The van der Waals surface area contributed by atoms with Gasteiger partial charge in [0, 0.05) is 57.2 Å². The predicted octanol–water partition coefficient (Wildman–Crippen LogP) is 8.97. The number of hydrogen-bond donors (Lipinski definition) is 1. The average Bonchev–Trinajstić information content (AvgIpc) is 3.25. The molecule has 2 aromatic carbocycles. The number of rotatable bonds is 11. The second-order valence-electron chi connectivity index (χ2n) is 13.0. The van der Waals surface area contributed by atoms with Crippen molar-refractivity contribution in [2.45, 2.75) is 77.2 Å². The number of fused-ring (bicyclic) bond motifs is 1. The number of ether oxygens (including phenoxy) is 1. The first kappa shape index (κ1) is 32.2. The maximum Gasteiger partial charge on any atom is 0.309 e. The summed E-state index contributed by atoms with van der Waals surface area (Å²) in [5.74, 6) is -0.488. The molecule has 0 radical (unpaired) electrons. The molecule has 3 heterocycles. The molecule has 0 aliphatic heterocycles. The number of benzene rings is 2. The maximum atomic E-state index is 13.8. The SMILES string of the molecule is CCc1ccc(COc2ccc3c(c2)c(SC(C)(C)C)c(CC(C)(C)C(=O)O)n3Cc2ccc(-c3cncc(F)c3)cc2)nc1. The zero-order chi connectivity index (χ0) is 32.4. The third-order valence-corrected chi connectivity index (χ3v) is 8.97. The van der Waals surface area contributed by atoms with Crippen LogP contribution < -0.4 is 4.74 Å². The highest BCUT2D eigenvalue weighted by molar-refractivity contribution is 8.00. The molecule has 0 bridgehead atoms. The molecule has 5 rings (SSSR count). The fourth-order valence-electron chi connectivity index (χ4n) is 5.18. The molecule has 1 N–H and O–H groups in total. The van der Waals surface area contributed by atoms with Gasteiger partial charge in [-0.05, 0) is 67.3 Å². The molecule has 0 aliphatic rings. The third kappa shape index (κ3) is 7.74. The molecule has 8 heteroatoms. The van der Waals surface area contributed by atoms with Crippen molar-refractivity contribution in [3.8, 4) is 16.9 Å². The van der Waals surface area contributed by atoms with E-state index in [9.17, 15) is 14.3 Å². The molecule has 0 atom stereocenters. The van der Waals surface area contributed by atoms with E-state index in [1.165, 1.54) is 17.8 Å². The molecule has 0 saturated heterocycles. The Kier molecular flexibility index (Phi) is 9.35. The van der Waals surface area contributed by atoms with Crippen molar-refractivity contribution in [1.82, 2.24) is 14.5 Å². The molecule has 6 nitrogen and oxygen atoms in total. The maximum absolute atomic E-state index is 13.8. The van der Waals surface area contributed by atoms with Crippen molar-refractivity contribution in [2.24, 2.45) is 5.41 Å². The zero-order valence-corrected chi connectivity index (χ0v) is 27.5. The van der Waals surface area contributed by atoms with E-state index >= 15 is 0 Å². The van der Waals surface area contributed by atoms with Crippen LogP contribution in [-0.2, 0) is 30.8 Å². The molecular formula is C37H40FN3O3S. The molecule has 5 aromatic rings. The first-order valence-electron chi connectivity index (χ1n) is 15.2. The van der Waals surface area contributed by atoms with Crippen molar-refractivity contribution in [1.29, 1.82) is 0 Å². The number of carboxylic acid groups (broad SMARTS) is 1. The Bertz CT molecular complexity index is 1810. The minimum absolute atomic E-state index is 0.121. The van der Waals surface area contributed by atoms with Gasteiger partial charge in [-0.2, -0.15) is 0 Å². The van der Waals surface area contributed by atoms with Gasteiger partial charge in [0.15, 0.2) is 0 Å². The Morgan fingerprint density at radius 1 is 0.933 bits per heavy atom. The largest absolute Gasteiger partial charge is 0.487 e. The standard InChI is InChI=1S/C37H40FN3O3S/c1-7-24-10-13-29(40-19-24)23-44-30-14-15-32-31(17-30)34(45-36(2,3)4)33(18-37(5,6)35(42)43)41(32)22-25-8-11-26(12-9-25)27-16-28(38)21-39-20-27/h8-17,19-21H,7,18,22-23H2,1-6H3,(H,42,43). The highest BCUT2D eigenvalue weighted by atomic mass is 32.2. The Morgan fingerprint density at radius 2 is 1.67 bits per heavy atom. The topological polar surface area (TPSA) is 77.2 Å². The summed E-state index contributed by atoms with van der Waals surface area (Å²) < 4.78 is 22.1. The highest BCUT2D eigenvalue weighted by Gasteiger charge is 2.33. The minimum atomic E-state index is -0.983. The fourth-order valence-corrected chi connectivity index (χ4v) is 6.36. The van der Waals surface area contributed by atoms with Crippen LogP contribution in [0.3, 0.4) is 0 Å². The van der Waals surface area contributed by atoms with Gasteiger partial charge in [0.05, 0.1) is 17.3 Å². The molecule has 0 fully saturated rings. The molecule has 0 aliphatic carbocycles. The first-order valence-corrected chi connectivity index (χ1v) is 16.0. The van der Waals surface area contributed by atoms with Crippen molar-refractivity contribution in [3.05, 3.63) is 108 Å². The lowest BCUT2D eigenvalue weighted by Gasteiger charge is -2.24. The number of hydrogen-bond acceptors (Lipinski definition) is 5. The molecule has 0 saturated carbocycles. The van der Waals surface area contributed by atoms with E-state index in [0.29, 0.717) is 25.1 Å². The van der Waals surface area contributed by atoms with Crippen molar-refractivity contribution >= 4 is 28.6 Å². The van der Waals surface area contributed by atoms with E-state index in [1.807, 2.05) is 42.6 Å². The summed E-state index contributed by atoms with van der Waals surface area (Å²) in [6, 6.07) is 19.6. The fraction of sp³-hybridized carbons (Fsp3) is 0.324. The molecule has 0 spiro atoms. The summed E-state index contributed by atoms with van der Waals surface area (Å²) in [6.45, 7) is 13.0. The lowest BCUT2D eigenvalue weighted by Crippen LogP contribution is -2.28. The van der Waals surface area contributed by atoms with E-state index in [0.717, 1.165) is 50.5 Å². The van der Waals surface area contributed by atoms with Crippen LogP contribution in [0.1, 0.15) is 64.1 Å². The van der Waals surface area contributed by atoms with Gasteiger partial charge in [-0.15, -0.1) is 11.8 Å². The molecule has 0 amide bonds. The quantitative estimate of drug-likeness (QED) is 0.148. The van der Waals surface area contributed by atoms with Crippen LogP contribution in [0.4, 0.5) is 4.39 Å². The van der Waals surface area contributed by atoms with Gasteiger partial charge >= 0.3 is 5.97 Å². The van der Waals surface area contributed by atoms with Crippen LogP contribution >= 0.6 is 11.8 Å². The Morgan fingerprint density at radius 3 is 2.29 bits per heavy atom. The second-order valence-corrected chi connectivity index (χ2v) is 14.8. The van der Waals surface area contributed by atoms with E-state index < -0.39 is 11.4 Å². The second kappa shape index (κ2) is 13.1. The predicted molar refractivity (Wildman–Crippen MR) is 179 cm³/mol. The number of aromatic nitrogens is 3. The van der Waals surface area contributed by atoms with Gasteiger partial charge < -0.3 is 14.4 Å². The molecule has 3 aromatic heterocycles. The van der Waals surface area contributed by atoms with E-state index in [-0.39, 0.29) is 10.6 Å². The van der Waals surface area contributed by atoms with E-state index in [4.69, 9.17) is 4.74 Å². The molecule has 234 valence electrons. The summed E-state index contributed by atoms with van der Waals surface area (Å²) in [5, 5.41) is 11.1.